The summed E-state index contributed by atoms with van der Waals surface area (Å²) < 4.78 is 35.5. The predicted molar refractivity (Wildman–Crippen MR) is 145 cm³/mol. The lowest BCUT2D eigenvalue weighted by molar-refractivity contribution is -0.117. The molecule has 1 amide bonds. The van der Waals surface area contributed by atoms with Gasteiger partial charge in [0.2, 0.25) is 6.41 Å². The quantitative estimate of drug-likeness (QED) is 0.323. The van der Waals surface area contributed by atoms with E-state index >= 15 is 0 Å². The van der Waals surface area contributed by atoms with Crippen LogP contribution in [0.4, 0.5) is 14.5 Å². The van der Waals surface area contributed by atoms with Crippen LogP contribution in [0.3, 0.4) is 0 Å². The molecule has 0 bridgehead atoms. The molecule has 2 N–H and O–H groups in total. The number of amidine groups is 1. The number of alkyl halides is 2. The van der Waals surface area contributed by atoms with E-state index in [1.165, 1.54) is 0 Å². The summed E-state index contributed by atoms with van der Waals surface area (Å²) in [5.41, 5.74) is 4.39. The van der Waals surface area contributed by atoms with Crippen LogP contribution in [-0.4, -0.2) is 65.8 Å². The second-order valence-corrected chi connectivity index (χ2v) is 9.69. The minimum Gasteiger partial charge on any atom is -0.385 e. The molecule has 0 unspecified atom stereocenters. The molecule has 1 fully saturated rings. The van der Waals surface area contributed by atoms with Crippen molar-refractivity contribution in [3.05, 3.63) is 46.9 Å². The molecule has 0 atom stereocenters. The smallest absolute Gasteiger partial charge is 0.264 e. The molecule has 10 heteroatoms. The first-order chi connectivity index (χ1) is 18.4. The first-order valence-corrected chi connectivity index (χ1v) is 13.5. The van der Waals surface area contributed by atoms with Gasteiger partial charge < -0.3 is 19.9 Å². The van der Waals surface area contributed by atoms with Crippen molar-refractivity contribution in [3.63, 3.8) is 0 Å². The van der Waals surface area contributed by atoms with Gasteiger partial charge in [-0.25, -0.2) is 8.78 Å². The van der Waals surface area contributed by atoms with E-state index in [9.17, 15) is 19.0 Å². The Labute approximate surface area is 223 Å². The molecule has 0 aliphatic carbocycles. The Balaban J connectivity index is 0.00000164. The molecular weight excluding hydrogens is 490 g/mol. The summed E-state index contributed by atoms with van der Waals surface area (Å²) in [4.78, 5) is 15.1. The fourth-order valence-corrected chi connectivity index (χ4v) is 5.37. The van der Waals surface area contributed by atoms with Crippen molar-refractivity contribution < 1.29 is 18.3 Å². The standard InChI is InChI=1S/C26H32F2N6O2.C2H6/c1-32-14-18(13-30-32)20-11-17-3-2-7-34(24(17)12-21(20)25(27)28)26(29)22-15-33(16-35)8-4-23(22)31-19-5-9-36-10-6-19;1-2/h11-14,16,19,25,29,31H,2-10,15H2,1H3;1-2H3. The lowest BCUT2D eigenvalue weighted by Gasteiger charge is -2.37. The molecule has 206 valence electrons. The van der Waals surface area contributed by atoms with Gasteiger partial charge in [0, 0.05) is 80.1 Å². The number of ether oxygens (including phenoxy) is 1. The van der Waals surface area contributed by atoms with Crippen molar-refractivity contribution in [1.82, 2.24) is 20.0 Å². The van der Waals surface area contributed by atoms with E-state index in [-0.39, 0.29) is 17.4 Å². The zero-order valence-corrected chi connectivity index (χ0v) is 22.5. The third-order valence-electron chi connectivity index (χ3n) is 7.30. The first-order valence-electron chi connectivity index (χ1n) is 13.5. The molecule has 3 aliphatic rings. The maximum atomic E-state index is 14.2. The fourth-order valence-electron chi connectivity index (χ4n) is 5.37. The fraction of sp³-hybridized carbons (Fsp3) is 0.536. The number of hydrogen-bond acceptors (Lipinski definition) is 5. The third kappa shape index (κ3) is 5.90. The molecule has 0 radical (unpaired) electrons. The number of nitrogens with one attached hydrogen (secondary N) is 2. The highest BCUT2D eigenvalue weighted by atomic mass is 19.3. The highest BCUT2D eigenvalue weighted by Gasteiger charge is 2.30. The molecule has 0 spiro atoms. The van der Waals surface area contributed by atoms with Gasteiger partial charge in [-0.2, -0.15) is 5.10 Å². The predicted octanol–water partition coefficient (Wildman–Crippen LogP) is 4.67. The van der Waals surface area contributed by atoms with Gasteiger partial charge in [0.05, 0.1) is 12.7 Å². The Kier molecular flexibility index (Phi) is 9.14. The highest BCUT2D eigenvalue weighted by Crippen LogP contribution is 2.39. The monoisotopic (exact) mass is 528 g/mol. The van der Waals surface area contributed by atoms with Gasteiger partial charge >= 0.3 is 0 Å². The van der Waals surface area contributed by atoms with Crippen molar-refractivity contribution >= 4 is 17.9 Å². The molecule has 1 aromatic heterocycles. The molecule has 1 aromatic carbocycles. The number of carbonyl (C=O) groups excluding carboxylic acids is 1. The van der Waals surface area contributed by atoms with E-state index in [1.807, 2.05) is 24.8 Å². The number of halogens is 2. The lowest BCUT2D eigenvalue weighted by atomic mass is 9.92. The van der Waals surface area contributed by atoms with Crippen LogP contribution in [0.15, 0.2) is 35.8 Å². The van der Waals surface area contributed by atoms with Crippen LogP contribution in [0.2, 0.25) is 0 Å². The van der Waals surface area contributed by atoms with E-state index < -0.39 is 6.43 Å². The van der Waals surface area contributed by atoms with Crippen LogP contribution in [0, 0.1) is 5.41 Å². The van der Waals surface area contributed by atoms with Crippen molar-refractivity contribution in [2.45, 2.75) is 58.4 Å². The maximum absolute atomic E-state index is 14.2. The molecule has 2 aromatic rings. The molecule has 3 aliphatic heterocycles. The van der Waals surface area contributed by atoms with Crippen molar-refractivity contribution in [2.24, 2.45) is 7.05 Å². The highest BCUT2D eigenvalue weighted by molar-refractivity contribution is 6.09. The molecule has 5 rings (SSSR count). The van der Waals surface area contributed by atoms with Gasteiger partial charge in [-0.15, -0.1) is 0 Å². The first kappa shape index (κ1) is 27.8. The molecule has 8 nitrogen and oxygen atoms in total. The van der Waals surface area contributed by atoms with Gasteiger partial charge in [-0.1, -0.05) is 13.8 Å². The summed E-state index contributed by atoms with van der Waals surface area (Å²) in [6.07, 6.45) is 5.48. The second-order valence-electron chi connectivity index (χ2n) is 9.69. The number of benzene rings is 1. The van der Waals surface area contributed by atoms with Crippen LogP contribution in [0.25, 0.3) is 11.1 Å². The summed E-state index contributed by atoms with van der Waals surface area (Å²) >= 11 is 0. The Morgan fingerprint density at radius 1 is 1.21 bits per heavy atom. The van der Waals surface area contributed by atoms with Gasteiger partial charge in [0.1, 0.15) is 5.84 Å². The lowest BCUT2D eigenvalue weighted by Crippen LogP contribution is -2.45. The van der Waals surface area contributed by atoms with Crippen molar-refractivity contribution in [2.75, 3.05) is 37.7 Å². The summed E-state index contributed by atoms with van der Waals surface area (Å²) in [7, 11) is 1.76. The molecule has 38 heavy (non-hydrogen) atoms. The zero-order chi connectivity index (χ0) is 27.2. The SMILES string of the molecule is CC.Cn1cc(-c2cc3c(cc2C(F)F)N(C(=N)C2=C(NC4CCOCC4)CCN(C=O)C2)CCC3)cn1. The van der Waals surface area contributed by atoms with Gasteiger partial charge in [0.15, 0.2) is 0 Å². The van der Waals surface area contributed by atoms with E-state index in [2.05, 4.69) is 10.4 Å². The van der Waals surface area contributed by atoms with Gasteiger partial charge in [0.25, 0.3) is 6.43 Å². The normalized spacial score (nSPS) is 18.2. The summed E-state index contributed by atoms with van der Waals surface area (Å²) in [5.74, 6) is 0.270. The number of hydrogen-bond donors (Lipinski definition) is 2. The zero-order valence-electron chi connectivity index (χ0n) is 22.5. The average molecular weight is 529 g/mol. The van der Waals surface area contributed by atoms with Gasteiger partial charge in [-0.05, 0) is 48.9 Å². The number of rotatable bonds is 6. The number of nitrogens with zero attached hydrogens (tertiary/aromatic N) is 4. The van der Waals surface area contributed by atoms with E-state index in [1.54, 1.807) is 35.1 Å². The summed E-state index contributed by atoms with van der Waals surface area (Å²) in [6, 6.07) is 3.64. The number of anilines is 1. The van der Waals surface area contributed by atoms with Crippen LogP contribution >= 0.6 is 0 Å². The topological polar surface area (TPSA) is 86.5 Å². The summed E-state index contributed by atoms with van der Waals surface area (Å²) in [6.45, 7) is 6.89. The molecule has 4 heterocycles. The number of amides is 1. The molecule has 0 saturated carbocycles. The molecular formula is C28H38F2N6O2. The van der Waals surface area contributed by atoms with Crippen molar-refractivity contribution in [3.8, 4) is 11.1 Å². The number of carbonyl (C=O) groups is 1. The Morgan fingerprint density at radius 3 is 2.63 bits per heavy atom. The summed E-state index contributed by atoms with van der Waals surface area (Å²) in [5, 5.41) is 17.0. The largest absolute Gasteiger partial charge is 0.385 e. The third-order valence-corrected chi connectivity index (χ3v) is 7.30. The van der Waals surface area contributed by atoms with E-state index in [0.717, 1.165) is 48.9 Å². The average Bonchev–Trinajstić information content (AvgIpc) is 3.39. The minimum atomic E-state index is -2.66. The van der Waals surface area contributed by atoms with Crippen molar-refractivity contribution in [1.29, 1.82) is 5.41 Å². The second kappa shape index (κ2) is 12.5. The van der Waals surface area contributed by atoms with Crippen LogP contribution in [-0.2, 0) is 23.0 Å². The number of fused-ring (bicyclic) bond motifs is 1. The van der Waals surface area contributed by atoms with Crippen LogP contribution in [0.1, 0.15) is 57.1 Å². The number of aryl methyl sites for hydroxylation is 2. The Morgan fingerprint density at radius 2 is 1.97 bits per heavy atom. The van der Waals surface area contributed by atoms with Gasteiger partial charge in [-0.3, -0.25) is 14.9 Å². The minimum absolute atomic E-state index is 0.0610. The van der Waals surface area contributed by atoms with Crippen LogP contribution < -0.4 is 10.2 Å². The number of aromatic nitrogens is 2. The van der Waals surface area contributed by atoms with Crippen LogP contribution in [0.5, 0.6) is 0 Å². The maximum Gasteiger partial charge on any atom is 0.264 e. The van der Waals surface area contributed by atoms with E-state index in [0.29, 0.717) is 56.1 Å². The van der Waals surface area contributed by atoms with E-state index in [4.69, 9.17) is 4.74 Å². The Bertz CT molecular complexity index is 1170. The Hall–Kier alpha value is -3.27. The molecule has 1 saturated heterocycles.